The van der Waals surface area contributed by atoms with Crippen LogP contribution in [-0.4, -0.2) is 0 Å². The number of hydrogen-bond acceptors (Lipinski definition) is 6. The van der Waals surface area contributed by atoms with Gasteiger partial charge in [-0.05, 0) is 93.1 Å². The van der Waals surface area contributed by atoms with Gasteiger partial charge in [0.1, 0.15) is 0 Å². The second-order valence-corrected chi connectivity index (χ2v) is 10.7. The highest BCUT2D eigenvalue weighted by molar-refractivity contribution is 7.34. The minimum Gasteiger partial charge on any atom is -0.222 e. The molecule has 0 aliphatic rings. The van der Waals surface area contributed by atoms with Crippen molar-refractivity contribution >= 4 is 16.5 Å². The fraction of sp³-hybridized carbons (Fsp3) is 0.226. The Morgan fingerprint density at radius 2 is 0.872 bits per heavy atom. The van der Waals surface area contributed by atoms with E-state index >= 15 is 0 Å². The van der Waals surface area contributed by atoms with E-state index in [1.165, 1.54) is 5.56 Å². The van der Waals surface area contributed by atoms with Gasteiger partial charge in [0.25, 0.3) is 0 Å². The van der Waals surface area contributed by atoms with E-state index in [4.69, 9.17) is 18.1 Å². The minimum absolute atomic E-state index is 0.540. The highest BCUT2D eigenvalue weighted by atomic mass is 31.1. The van der Waals surface area contributed by atoms with Crippen LogP contribution < -0.4 is 18.1 Å². The summed E-state index contributed by atoms with van der Waals surface area (Å²) in [5.74, 6) is 2.34. The average molecular weight is 565 g/mol. The summed E-state index contributed by atoms with van der Waals surface area (Å²) in [5.41, 5.74) is 6.10. The van der Waals surface area contributed by atoms with E-state index in [-0.39, 0.29) is 0 Å². The van der Waals surface area contributed by atoms with E-state index in [2.05, 4.69) is 6.92 Å². The third-order valence-electron chi connectivity index (χ3n) is 5.86. The number of aryl methyl sites for hydroxylation is 6. The van der Waals surface area contributed by atoms with Crippen molar-refractivity contribution in [1.82, 2.24) is 0 Å². The first-order chi connectivity index (χ1) is 18.7. The lowest BCUT2D eigenvalue weighted by Crippen LogP contribution is -1.93. The third-order valence-corrected chi connectivity index (χ3v) is 7.24. The van der Waals surface area contributed by atoms with Crippen LogP contribution in [0.1, 0.15) is 40.3 Å². The number of para-hydroxylation sites is 2. The molecule has 0 heterocycles. The fourth-order valence-electron chi connectivity index (χ4n) is 3.63. The Balaban J connectivity index is 0.000000216. The topological polar surface area (TPSA) is 71.1 Å². The van der Waals surface area contributed by atoms with Crippen LogP contribution in [0.5, 0.6) is 23.0 Å². The molecule has 0 fully saturated rings. The Bertz CT molecular complexity index is 1380. The van der Waals surface area contributed by atoms with Gasteiger partial charge in [-0.15, -0.1) is 0 Å². The summed E-state index contributed by atoms with van der Waals surface area (Å²) in [7, 11) is -4.45. The van der Waals surface area contributed by atoms with Crippen LogP contribution in [0.2, 0.25) is 0 Å². The Labute approximate surface area is 232 Å². The maximum atomic E-state index is 11.9. The number of rotatable bonds is 9. The predicted molar refractivity (Wildman–Crippen MR) is 157 cm³/mol. The fourth-order valence-corrected chi connectivity index (χ4v) is 5.17. The monoisotopic (exact) mass is 564 g/mol. The highest BCUT2D eigenvalue weighted by Crippen LogP contribution is 2.35. The molecule has 0 aliphatic heterocycles. The van der Waals surface area contributed by atoms with Crippen molar-refractivity contribution < 1.29 is 27.2 Å². The van der Waals surface area contributed by atoms with Crippen LogP contribution in [0.3, 0.4) is 0 Å². The molecule has 2 atom stereocenters. The Kier molecular flexibility index (Phi) is 11.0. The predicted octanol–water partition coefficient (Wildman–Crippen LogP) is 9.71. The van der Waals surface area contributed by atoms with Crippen molar-refractivity contribution in [2.45, 2.75) is 48.0 Å². The van der Waals surface area contributed by atoms with Crippen LogP contribution >= 0.6 is 16.5 Å². The molecular weight excluding hydrogens is 530 g/mol. The average Bonchev–Trinajstić information content (AvgIpc) is 2.91. The first-order valence-electron chi connectivity index (χ1n) is 12.6. The van der Waals surface area contributed by atoms with Gasteiger partial charge >= 0.3 is 16.5 Å². The summed E-state index contributed by atoms with van der Waals surface area (Å²) < 4.78 is 45.2. The minimum atomic E-state index is -2.23. The second-order valence-electron chi connectivity index (χ2n) is 9.06. The molecule has 0 aromatic heterocycles. The van der Waals surface area contributed by atoms with Gasteiger partial charge in [0.15, 0.2) is 23.0 Å². The van der Waals surface area contributed by atoms with Crippen molar-refractivity contribution in [2.24, 2.45) is 0 Å². The maximum absolute atomic E-state index is 11.9. The molecule has 6 nitrogen and oxygen atoms in total. The molecule has 39 heavy (non-hydrogen) atoms. The van der Waals surface area contributed by atoms with Gasteiger partial charge in [0, 0.05) is 9.13 Å². The summed E-state index contributed by atoms with van der Waals surface area (Å²) in [6.07, 6.45) is 0.964. The summed E-state index contributed by atoms with van der Waals surface area (Å²) in [6, 6.07) is 26.4. The Hall–Kier alpha value is -3.72. The third kappa shape index (κ3) is 9.21. The first-order valence-corrected chi connectivity index (χ1v) is 14.8. The van der Waals surface area contributed by atoms with Crippen molar-refractivity contribution in [2.75, 3.05) is 0 Å². The van der Waals surface area contributed by atoms with Crippen LogP contribution in [0.15, 0.2) is 84.9 Å². The van der Waals surface area contributed by atoms with Crippen molar-refractivity contribution in [3.05, 3.63) is 118 Å². The molecule has 4 aromatic carbocycles. The molecule has 0 aliphatic carbocycles. The normalized spacial score (nSPS) is 11.0. The van der Waals surface area contributed by atoms with Gasteiger partial charge < -0.3 is 0 Å². The molecular formula is C31H34O6P2+2. The molecule has 0 radical (unpaired) electrons. The molecule has 8 heteroatoms. The molecule has 4 rings (SSSR count). The van der Waals surface area contributed by atoms with Gasteiger partial charge in [-0.25, -0.2) is 18.1 Å². The SMILES string of the molecule is CCc1ccc(O[P+](=O)Oc2c(C)cccc2C)cc1.Cc1ccc(O[P+](=O)Oc2c(C)cccc2C)cc1. The summed E-state index contributed by atoms with van der Waals surface area (Å²) in [4.78, 5) is 0. The largest absolute Gasteiger partial charge is 0.805 e. The molecule has 202 valence electrons. The Morgan fingerprint density at radius 3 is 1.23 bits per heavy atom. The number of hydrogen-bond donors (Lipinski definition) is 0. The van der Waals surface area contributed by atoms with E-state index in [1.54, 1.807) is 24.3 Å². The van der Waals surface area contributed by atoms with Gasteiger partial charge in [-0.3, -0.25) is 0 Å². The zero-order valence-corrected chi connectivity index (χ0v) is 24.9. The number of benzene rings is 4. The van der Waals surface area contributed by atoms with Gasteiger partial charge in [0.05, 0.1) is 0 Å². The van der Waals surface area contributed by atoms with E-state index in [9.17, 15) is 9.13 Å². The first kappa shape index (κ1) is 29.8. The van der Waals surface area contributed by atoms with Crippen LogP contribution in [0, 0.1) is 34.6 Å². The van der Waals surface area contributed by atoms with E-state index < -0.39 is 16.5 Å². The van der Waals surface area contributed by atoms with Gasteiger partial charge in [-0.2, -0.15) is 0 Å². The summed E-state index contributed by atoms with van der Waals surface area (Å²) >= 11 is 0. The lowest BCUT2D eigenvalue weighted by atomic mass is 10.1. The second kappa shape index (κ2) is 14.4. The van der Waals surface area contributed by atoms with E-state index in [1.807, 2.05) is 95.3 Å². The molecule has 0 spiro atoms. The van der Waals surface area contributed by atoms with E-state index in [0.717, 1.165) is 34.2 Å². The van der Waals surface area contributed by atoms with Gasteiger partial charge in [-0.1, -0.05) is 73.2 Å². The molecule has 0 saturated carbocycles. The zero-order chi connectivity index (χ0) is 28.4. The smallest absolute Gasteiger partial charge is 0.222 e. The van der Waals surface area contributed by atoms with E-state index in [0.29, 0.717) is 23.0 Å². The Morgan fingerprint density at radius 1 is 0.513 bits per heavy atom. The molecule has 0 saturated heterocycles. The molecule has 2 unspecified atom stereocenters. The van der Waals surface area contributed by atoms with Crippen molar-refractivity contribution in [1.29, 1.82) is 0 Å². The quantitative estimate of drug-likeness (QED) is 0.189. The lowest BCUT2D eigenvalue weighted by molar-refractivity contribution is 0.412. The van der Waals surface area contributed by atoms with Crippen LogP contribution in [0.25, 0.3) is 0 Å². The van der Waals surface area contributed by atoms with Crippen LogP contribution in [-0.2, 0) is 15.6 Å². The lowest BCUT2D eigenvalue weighted by Gasteiger charge is -2.02. The van der Waals surface area contributed by atoms with Crippen LogP contribution in [0.4, 0.5) is 0 Å². The van der Waals surface area contributed by atoms with Crippen molar-refractivity contribution in [3.63, 3.8) is 0 Å². The molecule has 0 bridgehead atoms. The van der Waals surface area contributed by atoms with Gasteiger partial charge in [0.2, 0.25) is 0 Å². The summed E-state index contributed by atoms with van der Waals surface area (Å²) in [5, 5.41) is 0. The highest BCUT2D eigenvalue weighted by Gasteiger charge is 2.27. The van der Waals surface area contributed by atoms with Crippen molar-refractivity contribution in [3.8, 4) is 23.0 Å². The molecule has 0 amide bonds. The molecule has 4 aromatic rings. The zero-order valence-electron chi connectivity index (χ0n) is 23.1. The molecule has 0 N–H and O–H groups in total. The standard InChI is InChI=1S/C16H18O3P.C15H16O3P/c1-4-14-8-10-15(11-9-14)18-20(17)19-16-12(2)6-5-7-13(16)3;1-11-7-9-14(10-8-11)17-19(16)18-15-12(2)5-4-6-13(15)3/h5-11H,4H2,1-3H3;4-10H,1-3H3/q2*+1. The maximum Gasteiger partial charge on any atom is 0.805 e. The summed E-state index contributed by atoms with van der Waals surface area (Å²) in [6.45, 7) is 11.7.